The summed E-state index contributed by atoms with van der Waals surface area (Å²) in [6.45, 7) is 3.46. The van der Waals surface area contributed by atoms with E-state index < -0.39 is 10.5 Å². The van der Waals surface area contributed by atoms with Crippen molar-refractivity contribution >= 4 is 5.69 Å². The lowest BCUT2D eigenvalue weighted by atomic mass is 9.95. The normalized spacial score (nSPS) is 11.3. The number of benzene rings is 2. The van der Waals surface area contributed by atoms with Gasteiger partial charge in [0.15, 0.2) is 0 Å². The Morgan fingerprint density at radius 3 is 1.74 bits per heavy atom. The van der Waals surface area contributed by atoms with E-state index in [-0.39, 0.29) is 5.69 Å². The first-order valence-electron chi connectivity index (χ1n) is 5.96. The SMILES string of the molecule is CC(C)(O)c1ccc(-c2ccc([N+](=O)[O-])cc2)cc1. The quantitative estimate of drug-likeness (QED) is 0.676. The molecule has 2 aromatic carbocycles. The Bertz CT molecular complexity index is 580. The van der Waals surface area contributed by atoms with Crippen LogP contribution in [0.15, 0.2) is 48.5 Å². The van der Waals surface area contributed by atoms with Crippen LogP contribution in [0.5, 0.6) is 0 Å². The van der Waals surface area contributed by atoms with Crippen molar-refractivity contribution in [3.63, 3.8) is 0 Å². The van der Waals surface area contributed by atoms with Gasteiger partial charge in [0.05, 0.1) is 10.5 Å². The van der Waals surface area contributed by atoms with Crippen molar-refractivity contribution in [1.29, 1.82) is 0 Å². The third-order valence-electron chi connectivity index (χ3n) is 3.00. The summed E-state index contributed by atoms with van der Waals surface area (Å²) in [7, 11) is 0. The molecule has 98 valence electrons. The molecule has 4 nitrogen and oxygen atoms in total. The molecule has 0 unspecified atom stereocenters. The lowest BCUT2D eigenvalue weighted by Crippen LogP contribution is -2.14. The second-order valence-electron chi connectivity index (χ2n) is 4.94. The zero-order chi connectivity index (χ0) is 14.0. The van der Waals surface area contributed by atoms with E-state index in [9.17, 15) is 15.2 Å². The second-order valence-corrected chi connectivity index (χ2v) is 4.94. The number of rotatable bonds is 3. The van der Waals surface area contributed by atoms with Crippen LogP contribution in [0.25, 0.3) is 11.1 Å². The first-order valence-corrected chi connectivity index (χ1v) is 5.96. The Hall–Kier alpha value is -2.20. The molecule has 1 N–H and O–H groups in total. The molecule has 0 spiro atoms. The highest BCUT2D eigenvalue weighted by molar-refractivity contribution is 5.65. The van der Waals surface area contributed by atoms with Gasteiger partial charge in [-0.25, -0.2) is 0 Å². The van der Waals surface area contributed by atoms with Crippen LogP contribution in [0, 0.1) is 10.1 Å². The van der Waals surface area contributed by atoms with Crippen LogP contribution in [-0.4, -0.2) is 10.0 Å². The van der Waals surface area contributed by atoms with Crippen LogP contribution in [0.2, 0.25) is 0 Å². The lowest BCUT2D eigenvalue weighted by Gasteiger charge is -2.17. The van der Waals surface area contributed by atoms with Gasteiger partial charge in [0.25, 0.3) is 5.69 Å². The Kier molecular flexibility index (Phi) is 3.36. The highest BCUT2D eigenvalue weighted by Gasteiger charge is 2.15. The monoisotopic (exact) mass is 257 g/mol. The molecule has 0 aliphatic rings. The van der Waals surface area contributed by atoms with Crippen molar-refractivity contribution in [3.8, 4) is 11.1 Å². The number of nitro groups is 1. The zero-order valence-electron chi connectivity index (χ0n) is 10.8. The Morgan fingerprint density at radius 2 is 1.37 bits per heavy atom. The van der Waals surface area contributed by atoms with E-state index in [1.807, 2.05) is 24.3 Å². The van der Waals surface area contributed by atoms with E-state index >= 15 is 0 Å². The summed E-state index contributed by atoms with van der Waals surface area (Å²) in [5.41, 5.74) is 1.92. The minimum absolute atomic E-state index is 0.0804. The first kappa shape index (κ1) is 13.2. The highest BCUT2D eigenvalue weighted by atomic mass is 16.6. The predicted molar refractivity (Wildman–Crippen MR) is 73.8 cm³/mol. The van der Waals surface area contributed by atoms with E-state index in [0.717, 1.165) is 16.7 Å². The van der Waals surface area contributed by atoms with Crippen LogP contribution < -0.4 is 0 Å². The fourth-order valence-electron chi connectivity index (χ4n) is 1.85. The number of nitro benzene ring substituents is 1. The molecule has 0 amide bonds. The van der Waals surface area contributed by atoms with Crippen LogP contribution >= 0.6 is 0 Å². The molecule has 0 aromatic heterocycles. The second kappa shape index (κ2) is 4.82. The summed E-state index contributed by atoms with van der Waals surface area (Å²) >= 11 is 0. The third-order valence-corrected chi connectivity index (χ3v) is 3.00. The fourth-order valence-corrected chi connectivity index (χ4v) is 1.85. The predicted octanol–water partition coefficient (Wildman–Crippen LogP) is 3.49. The Balaban J connectivity index is 2.30. The molecule has 0 aliphatic carbocycles. The zero-order valence-corrected chi connectivity index (χ0v) is 10.8. The topological polar surface area (TPSA) is 63.4 Å². The van der Waals surface area contributed by atoms with Gasteiger partial charge in [0, 0.05) is 12.1 Å². The standard InChI is InChI=1S/C15H15NO3/c1-15(2,17)13-7-3-11(4-8-13)12-5-9-14(10-6-12)16(18)19/h3-10,17H,1-2H3. The highest BCUT2D eigenvalue weighted by Crippen LogP contribution is 2.26. The summed E-state index contributed by atoms with van der Waals surface area (Å²) in [4.78, 5) is 10.2. The van der Waals surface area contributed by atoms with Crippen LogP contribution in [-0.2, 0) is 5.60 Å². The molecule has 0 atom stereocenters. The smallest absolute Gasteiger partial charge is 0.269 e. The van der Waals surface area contributed by atoms with Crippen LogP contribution in [0.4, 0.5) is 5.69 Å². The van der Waals surface area contributed by atoms with Crippen molar-refractivity contribution in [2.45, 2.75) is 19.4 Å². The van der Waals surface area contributed by atoms with Crippen molar-refractivity contribution in [3.05, 3.63) is 64.2 Å². The molecule has 0 saturated carbocycles. The summed E-state index contributed by atoms with van der Waals surface area (Å²) in [6, 6.07) is 13.9. The van der Waals surface area contributed by atoms with E-state index in [0.29, 0.717) is 0 Å². The number of hydrogen-bond acceptors (Lipinski definition) is 3. The lowest BCUT2D eigenvalue weighted by molar-refractivity contribution is -0.384. The van der Waals surface area contributed by atoms with E-state index in [2.05, 4.69) is 0 Å². The first-order chi connectivity index (χ1) is 8.88. The third kappa shape index (κ3) is 2.98. The minimum Gasteiger partial charge on any atom is -0.386 e. The van der Waals surface area contributed by atoms with Gasteiger partial charge in [-0.1, -0.05) is 24.3 Å². The van der Waals surface area contributed by atoms with Gasteiger partial charge >= 0.3 is 0 Å². The number of non-ortho nitro benzene ring substituents is 1. The molecular formula is C15H15NO3. The fraction of sp³-hybridized carbons (Fsp3) is 0.200. The molecule has 2 aromatic rings. The van der Waals surface area contributed by atoms with Gasteiger partial charge in [-0.05, 0) is 42.7 Å². The van der Waals surface area contributed by atoms with Crippen molar-refractivity contribution in [2.24, 2.45) is 0 Å². The average molecular weight is 257 g/mol. The largest absolute Gasteiger partial charge is 0.386 e. The van der Waals surface area contributed by atoms with E-state index in [1.165, 1.54) is 12.1 Å². The maximum absolute atomic E-state index is 10.6. The van der Waals surface area contributed by atoms with Crippen molar-refractivity contribution < 1.29 is 10.0 Å². The van der Waals surface area contributed by atoms with Gasteiger partial charge in [-0.15, -0.1) is 0 Å². The van der Waals surface area contributed by atoms with Crippen molar-refractivity contribution in [1.82, 2.24) is 0 Å². The van der Waals surface area contributed by atoms with E-state index in [1.54, 1.807) is 26.0 Å². The van der Waals surface area contributed by atoms with Crippen LogP contribution in [0.1, 0.15) is 19.4 Å². The Morgan fingerprint density at radius 1 is 0.947 bits per heavy atom. The summed E-state index contributed by atoms with van der Waals surface area (Å²) in [5.74, 6) is 0. The average Bonchev–Trinajstić information content (AvgIpc) is 2.38. The van der Waals surface area contributed by atoms with Gasteiger partial charge in [-0.3, -0.25) is 10.1 Å². The molecule has 4 heteroatoms. The van der Waals surface area contributed by atoms with Crippen molar-refractivity contribution in [2.75, 3.05) is 0 Å². The number of hydrogen-bond donors (Lipinski definition) is 1. The molecule has 0 saturated heterocycles. The molecule has 0 bridgehead atoms. The molecule has 0 radical (unpaired) electrons. The molecule has 0 heterocycles. The molecular weight excluding hydrogens is 242 g/mol. The maximum atomic E-state index is 10.6. The summed E-state index contributed by atoms with van der Waals surface area (Å²) in [6.07, 6.45) is 0. The van der Waals surface area contributed by atoms with Crippen LogP contribution in [0.3, 0.4) is 0 Å². The number of nitrogens with zero attached hydrogens (tertiary/aromatic N) is 1. The van der Waals surface area contributed by atoms with Gasteiger partial charge < -0.3 is 5.11 Å². The number of aliphatic hydroxyl groups is 1. The molecule has 0 aliphatic heterocycles. The molecule has 2 rings (SSSR count). The van der Waals surface area contributed by atoms with E-state index in [4.69, 9.17) is 0 Å². The van der Waals surface area contributed by atoms with Gasteiger partial charge in [0.2, 0.25) is 0 Å². The van der Waals surface area contributed by atoms with Gasteiger partial charge in [-0.2, -0.15) is 0 Å². The molecule has 0 fully saturated rings. The summed E-state index contributed by atoms with van der Waals surface area (Å²) in [5, 5.41) is 20.5. The maximum Gasteiger partial charge on any atom is 0.269 e. The van der Waals surface area contributed by atoms with Gasteiger partial charge in [0.1, 0.15) is 0 Å². The Labute approximate surface area is 111 Å². The molecule has 19 heavy (non-hydrogen) atoms. The summed E-state index contributed by atoms with van der Waals surface area (Å²) < 4.78 is 0. The minimum atomic E-state index is -0.867.